The Morgan fingerprint density at radius 2 is 1.50 bits per heavy atom. The van der Waals surface area contributed by atoms with Crippen LogP contribution in [0, 0.1) is 18.8 Å². The summed E-state index contributed by atoms with van der Waals surface area (Å²) in [5.74, 6) is 0.0232. The Morgan fingerprint density at radius 3 is 2.06 bits per heavy atom. The van der Waals surface area contributed by atoms with E-state index in [-0.39, 0.29) is 18.7 Å². The highest BCUT2D eigenvalue weighted by Crippen LogP contribution is 2.35. The summed E-state index contributed by atoms with van der Waals surface area (Å²) < 4.78 is 11.8. The van der Waals surface area contributed by atoms with Crippen molar-refractivity contribution in [1.29, 1.82) is 0 Å². The third-order valence-electron chi connectivity index (χ3n) is 6.32. The number of aryl methyl sites for hydroxylation is 1. The van der Waals surface area contributed by atoms with Gasteiger partial charge in [-0.25, -0.2) is 0 Å². The molecule has 0 aromatic heterocycles. The first-order valence-electron chi connectivity index (χ1n) is 11.7. The van der Waals surface area contributed by atoms with Crippen LogP contribution in [0.4, 0.5) is 5.69 Å². The van der Waals surface area contributed by atoms with Gasteiger partial charge in [0.15, 0.2) is 0 Å². The summed E-state index contributed by atoms with van der Waals surface area (Å²) in [5.41, 5.74) is 1.70. The highest BCUT2D eigenvalue weighted by atomic mass is 16.5. The van der Waals surface area contributed by atoms with Gasteiger partial charge in [-0.3, -0.25) is 14.4 Å². The van der Waals surface area contributed by atoms with Crippen LogP contribution in [-0.2, 0) is 14.4 Å². The summed E-state index contributed by atoms with van der Waals surface area (Å²) in [4.78, 5) is 36.9. The lowest BCUT2D eigenvalue weighted by Gasteiger charge is -2.25. The molecule has 2 N–H and O–H groups in total. The van der Waals surface area contributed by atoms with Gasteiger partial charge in [0.1, 0.15) is 23.0 Å². The van der Waals surface area contributed by atoms with E-state index in [0.29, 0.717) is 29.3 Å². The number of carboxylic acids is 1. The largest absolute Gasteiger partial charge is 0.481 e. The Labute approximate surface area is 209 Å². The molecule has 1 aliphatic carbocycles. The van der Waals surface area contributed by atoms with Crippen molar-refractivity contribution in [2.24, 2.45) is 11.8 Å². The van der Waals surface area contributed by atoms with Crippen LogP contribution in [0.1, 0.15) is 18.4 Å². The van der Waals surface area contributed by atoms with Crippen molar-refractivity contribution >= 4 is 24.0 Å². The number of carbonyl (C=O) groups is 3. The van der Waals surface area contributed by atoms with E-state index < -0.39 is 23.8 Å². The predicted molar refractivity (Wildman–Crippen MR) is 134 cm³/mol. The summed E-state index contributed by atoms with van der Waals surface area (Å²) in [7, 11) is 1.56. The molecule has 186 valence electrons. The first-order valence-corrected chi connectivity index (χ1v) is 11.7. The molecule has 2 amide bonds. The summed E-state index contributed by atoms with van der Waals surface area (Å²) in [6.45, 7) is 2.02. The number of ether oxygens (including phenoxy) is 2. The molecule has 3 aromatic carbocycles. The number of carboxylic acid groups (broad SMARTS) is 1. The number of anilines is 1. The molecule has 8 heteroatoms. The Balaban J connectivity index is 1.38. The van der Waals surface area contributed by atoms with Gasteiger partial charge in [0.25, 0.3) is 0 Å². The molecule has 0 bridgehead atoms. The fourth-order valence-corrected chi connectivity index (χ4v) is 4.35. The minimum Gasteiger partial charge on any atom is -0.481 e. The van der Waals surface area contributed by atoms with Crippen molar-refractivity contribution in [2.75, 3.05) is 12.4 Å². The van der Waals surface area contributed by atoms with Crippen LogP contribution in [0.2, 0.25) is 0 Å². The van der Waals surface area contributed by atoms with E-state index in [1.807, 2.05) is 49.4 Å². The van der Waals surface area contributed by atoms with Gasteiger partial charge in [-0.1, -0.05) is 23.8 Å². The maximum Gasteiger partial charge on any atom is 0.306 e. The van der Waals surface area contributed by atoms with Gasteiger partial charge in [0.05, 0.1) is 11.8 Å². The summed E-state index contributed by atoms with van der Waals surface area (Å²) in [5, 5.41) is 12.2. The van der Waals surface area contributed by atoms with Gasteiger partial charge in [-0.05, 0) is 68.3 Å². The van der Waals surface area contributed by atoms with Gasteiger partial charge in [-0.15, -0.1) is 0 Å². The predicted octanol–water partition coefficient (Wildman–Crippen LogP) is 5.09. The van der Waals surface area contributed by atoms with Crippen molar-refractivity contribution in [3.8, 4) is 23.0 Å². The van der Waals surface area contributed by atoms with Crippen molar-refractivity contribution in [3.63, 3.8) is 0 Å². The van der Waals surface area contributed by atoms with E-state index in [1.165, 1.54) is 4.90 Å². The number of aliphatic carboxylic acids is 1. The van der Waals surface area contributed by atoms with E-state index >= 15 is 0 Å². The highest BCUT2D eigenvalue weighted by Gasteiger charge is 2.43. The maximum absolute atomic E-state index is 12.9. The molecule has 0 radical (unpaired) electrons. The molecule has 3 atom stereocenters. The van der Waals surface area contributed by atoms with Crippen LogP contribution in [0.15, 0.2) is 72.8 Å². The molecule has 0 spiro atoms. The molecule has 1 aliphatic rings. The molecule has 3 unspecified atom stereocenters. The zero-order valence-electron chi connectivity index (χ0n) is 20.1. The number of amides is 2. The molecular weight excluding hydrogens is 460 g/mol. The van der Waals surface area contributed by atoms with Gasteiger partial charge in [0, 0.05) is 24.8 Å². The van der Waals surface area contributed by atoms with Crippen LogP contribution in [-0.4, -0.2) is 41.4 Å². The summed E-state index contributed by atoms with van der Waals surface area (Å²) in [6.07, 6.45) is 1.07. The molecule has 1 saturated carbocycles. The molecule has 0 aliphatic heterocycles. The fraction of sp³-hybridized carbons (Fsp3) is 0.250. The zero-order valence-corrected chi connectivity index (χ0v) is 20.1. The van der Waals surface area contributed by atoms with E-state index in [9.17, 15) is 19.5 Å². The lowest BCUT2D eigenvalue weighted by Crippen LogP contribution is -2.39. The molecule has 8 nitrogen and oxygen atoms in total. The fourth-order valence-electron chi connectivity index (χ4n) is 4.35. The smallest absolute Gasteiger partial charge is 0.306 e. The average molecular weight is 489 g/mol. The maximum atomic E-state index is 12.9. The molecule has 4 rings (SSSR count). The van der Waals surface area contributed by atoms with Gasteiger partial charge < -0.3 is 24.8 Å². The Kier molecular flexibility index (Phi) is 7.53. The lowest BCUT2D eigenvalue weighted by atomic mass is 10.0. The van der Waals surface area contributed by atoms with Crippen LogP contribution < -0.4 is 14.8 Å². The minimum absolute atomic E-state index is 0.187. The third kappa shape index (κ3) is 6.02. The number of carbonyl (C=O) groups excluding carboxylic acids is 2. The molecule has 1 fully saturated rings. The van der Waals surface area contributed by atoms with E-state index in [4.69, 9.17) is 9.47 Å². The number of nitrogens with zero attached hydrogens (tertiary/aromatic N) is 1. The topological polar surface area (TPSA) is 105 Å². The zero-order chi connectivity index (χ0) is 25.7. The number of benzene rings is 3. The minimum atomic E-state index is -0.954. The van der Waals surface area contributed by atoms with Crippen molar-refractivity contribution in [2.45, 2.75) is 25.8 Å². The third-order valence-corrected chi connectivity index (χ3v) is 6.32. The van der Waals surface area contributed by atoms with Crippen molar-refractivity contribution in [3.05, 3.63) is 78.4 Å². The number of hydrogen-bond acceptors (Lipinski definition) is 5. The van der Waals surface area contributed by atoms with Gasteiger partial charge in [-0.2, -0.15) is 0 Å². The quantitative estimate of drug-likeness (QED) is 0.407. The standard InChI is InChI=1S/C28H28N2O6/c1-18-6-10-21(11-7-18)35-23-4-3-5-24(16-23)36-22-12-8-20(9-13-22)29-27(32)25-14-19(28(33)34)15-26(25)30(2)17-31/h3-13,16-17,19,25-26H,14-15H2,1-2H3,(H,29,32)(H,33,34). The number of hydrogen-bond donors (Lipinski definition) is 2. The van der Waals surface area contributed by atoms with Crippen LogP contribution >= 0.6 is 0 Å². The Morgan fingerprint density at radius 1 is 0.917 bits per heavy atom. The lowest BCUT2D eigenvalue weighted by molar-refractivity contribution is -0.141. The van der Waals surface area contributed by atoms with Crippen molar-refractivity contribution < 1.29 is 29.0 Å². The molecule has 3 aromatic rings. The molecule has 0 saturated heterocycles. The Bertz CT molecular complexity index is 1230. The van der Waals surface area contributed by atoms with Crippen LogP contribution in [0.5, 0.6) is 23.0 Å². The van der Waals surface area contributed by atoms with E-state index in [0.717, 1.165) is 11.3 Å². The Hall–Kier alpha value is -4.33. The SMILES string of the molecule is Cc1ccc(Oc2cccc(Oc3ccc(NC(=O)C4CC(C(=O)O)CC4N(C)C=O)cc3)c2)cc1. The average Bonchev–Trinajstić information content (AvgIpc) is 3.33. The monoisotopic (exact) mass is 488 g/mol. The molecular formula is C28H28N2O6. The molecule has 0 heterocycles. The normalized spacial score (nSPS) is 18.8. The highest BCUT2D eigenvalue weighted by molar-refractivity contribution is 5.94. The van der Waals surface area contributed by atoms with E-state index in [2.05, 4.69) is 5.32 Å². The first kappa shape index (κ1) is 24.8. The first-order chi connectivity index (χ1) is 17.3. The van der Waals surface area contributed by atoms with Crippen molar-refractivity contribution in [1.82, 2.24) is 4.90 Å². The van der Waals surface area contributed by atoms with Gasteiger partial charge in [0.2, 0.25) is 12.3 Å². The summed E-state index contributed by atoms with van der Waals surface area (Å²) >= 11 is 0. The van der Waals surface area contributed by atoms with Gasteiger partial charge >= 0.3 is 5.97 Å². The number of nitrogens with one attached hydrogen (secondary N) is 1. The number of rotatable bonds is 9. The second-order valence-corrected chi connectivity index (χ2v) is 8.96. The second-order valence-electron chi connectivity index (χ2n) is 8.96. The second kappa shape index (κ2) is 10.9. The van der Waals surface area contributed by atoms with Crippen LogP contribution in [0.25, 0.3) is 0 Å². The summed E-state index contributed by atoms with van der Waals surface area (Å²) in [6, 6.07) is 21.5. The van der Waals surface area contributed by atoms with Crippen LogP contribution in [0.3, 0.4) is 0 Å². The molecule has 36 heavy (non-hydrogen) atoms. The van der Waals surface area contributed by atoms with E-state index in [1.54, 1.807) is 37.4 Å².